The Morgan fingerprint density at radius 1 is 1.29 bits per heavy atom. The van der Waals surface area contributed by atoms with Crippen molar-refractivity contribution < 1.29 is 9.90 Å². The van der Waals surface area contributed by atoms with Crippen LogP contribution in [0.3, 0.4) is 0 Å². The quantitative estimate of drug-likeness (QED) is 0.888. The van der Waals surface area contributed by atoms with Crippen LogP contribution < -0.4 is 5.32 Å². The average molecular weight is 286 g/mol. The van der Waals surface area contributed by atoms with Gasteiger partial charge < -0.3 is 10.4 Å². The molecule has 0 bridgehead atoms. The Kier molecular flexibility index (Phi) is 4.81. The van der Waals surface area contributed by atoms with E-state index in [9.17, 15) is 9.90 Å². The number of nitrogens with zero attached hydrogens (tertiary/aromatic N) is 1. The fraction of sp³-hybridized carbons (Fsp3) is 0.353. The molecule has 1 atom stereocenters. The van der Waals surface area contributed by atoms with Gasteiger partial charge in [-0.1, -0.05) is 36.4 Å². The van der Waals surface area contributed by atoms with Crippen molar-refractivity contribution in [1.29, 1.82) is 0 Å². The molecule has 0 aromatic heterocycles. The third-order valence-corrected chi connectivity index (χ3v) is 4.01. The number of benzene rings is 2. The van der Waals surface area contributed by atoms with Gasteiger partial charge in [-0.15, -0.1) is 0 Å². The smallest absolute Gasteiger partial charge is 0.221 e. The van der Waals surface area contributed by atoms with Crippen molar-refractivity contribution in [1.82, 2.24) is 10.2 Å². The molecule has 0 aliphatic rings. The Morgan fingerprint density at radius 3 is 2.71 bits per heavy atom. The summed E-state index contributed by atoms with van der Waals surface area (Å²) in [6.45, 7) is 2.68. The number of amides is 1. The fourth-order valence-electron chi connectivity index (χ4n) is 2.44. The summed E-state index contributed by atoms with van der Waals surface area (Å²) in [6, 6.07) is 11.8. The maximum absolute atomic E-state index is 11.3. The van der Waals surface area contributed by atoms with Gasteiger partial charge in [-0.25, -0.2) is 0 Å². The highest BCUT2D eigenvalue weighted by molar-refractivity contribution is 5.89. The van der Waals surface area contributed by atoms with Gasteiger partial charge in [0.15, 0.2) is 0 Å². The van der Waals surface area contributed by atoms with Crippen molar-refractivity contribution in [3.8, 4) is 5.75 Å². The Bertz CT molecular complexity index is 640. The molecule has 0 aliphatic carbocycles. The lowest BCUT2D eigenvalue weighted by atomic mass is 10.00. The molecule has 0 aliphatic heterocycles. The van der Waals surface area contributed by atoms with E-state index >= 15 is 0 Å². The molecule has 1 amide bonds. The molecular weight excluding hydrogens is 264 g/mol. The van der Waals surface area contributed by atoms with Gasteiger partial charge in [0.1, 0.15) is 5.75 Å². The van der Waals surface area contributed by atoms with E-state index in [0.717, 1.165) is 16.3 Å². The Hall–Kier alpha value is -2.07. The summed E-state index contributed by atoms with van der Waals surface area (Å²) in [7, 11) is 3.60. The van der Waals surface area contributed by atoms with Gasteiger partial charge in [0.2, 0.25) is 5.91 Å². The van der Waals surface area contributed by atoms with Crippen LogP contribution in [0.1, 0.15) is 24.9 Å². The lowest BCUT2D eigenvalue weighted by Gasteiger charge is -2.25. The number of aromatic hydroxyl groups is 1. The van der Waals surface area contributed by atoms with Crippen LogP contribution in [0.15, 0.2) is 36.4 Å². The molecular formula is C17H22N2O2. The topological polar surface area (TPSA) is 52.6 Å². The summed E-state index contributed by atoms with van der Waals surface area (Å²) in [4.78, 5) is 13.4. The van der Waals surface area contributed by atoms with E-state index in [-0.39, 0.29) is 11.9 Å². The molecule has 2 aromatic rings. The van der Waals surface area contributed by atoms with E-state index in [1.807, 2.05) is 50.4 Å². The number of hydrogen-bond acceptors (Lipinski definition) is 3. The highest BCUT2D eigenvalue weighted by atomic mass is 16.3. The summed E-state index contributed by atoms with van der Waals surface area (Å²) in [5, 5.41) is 15.0. The summed E-state index contributed by atoms with van der Waals surface area (Å²) in [5.41, 5.74) is 0.883. The zero-order valence-electron chi connectivity index (χ0n) is 12.8. The standard InChI is InChI=1S/C17H22N2O2/c1-12(19(3)11-10-16(20)18-2)14-9-8-13-6-4-5-7-15(13)17(14)21/h4-9,12,21H,10-11H2,1-3H3,(H,18,20). The summed E-state index contributed by atoms with van der Waals surface area (Å²) in [6.07, 6.45) is 0.450. The van der Waals surface area contributed by atoms with E-state index in [2.05, 4.69) is 10.2 Å². The molecule has 2 N–H and O–H groups in total. The molecule has 0 saturated heterocycles. The van der Waals surface area contributed by atoms with Crippen LogP contribution in [-0.4, -0.2) is 36.6 Å². The van der Waals surface area contributed by atoms with Gasteiger partial charge in [-0.05, 0) is 19.4 Å². The second-order valence-corrected chi connectivity index (χ2v) is 5.30. The van der Waals surface area contributed by atoms with Crippen LogP contribution in [0.25, 0.3) is 10.8 Å². The first-order valence-corrected chi connectivity index (χ1v) is 7.16. The molecule has 1 unspecified atom stereocenters. The summed E-state index contributed by atoms with van der Waals surface area (Å²) < 4.78 is 0. The van der Waals surface area contributed by atoms with Crippen molar-refractivity contribution in [2.45, 2.75) is 19.4 Å². The molecule has 21 heavy (non-hydrogen) atoms. The highest BCUT2D eigenvalue weighted by Crippen LogP contribution is 2.34. The van der Waals surface area contributed by atoms with Crippen LogP contribution in [0, 0.1) is 0 Å². The zero-order valence-corrected chi connectivity index (χ0v) is 12.8. The minimum Gasteiger partial charge on any atom is -0.507 e. The molecule has 112 valence electrons. The number of carbonyl (C=O) groups excluding carboxylic acids is 1. The third kappa shape index (κ3) is 3.34. The highest BCUT2D eigenvalue weighted by Gasteiger charge is 2.17. The minimum atomic E-state index is 0.0248. The van der Waals surface area contributed by atoms with E-state index in [1.165, 1.54) is 0 Å². The number of hydrogen-bond donors (Lipinski definition) is 2. The Balaban J connectivity index is 2.20. The van der Waals surface area contributed by atoms with Crippen molar-refractivity contribution in [3.05, 3.63) is 42.0 Å². The first kappa shape index (κ1) is 15.3. The second-order valence-electron chi connectivity index (χ2n) is 5.30. The van der Waals surface area contributed by atoms with Gasteiger partial charge >= 0.3 is 0 Å². The summed E-state index contributed by atoms with van der Waals surface area (Å²) in [5.74, 6) is 0.351. The van der Waals surface area contributed by atoms with Crippen molar-refractivity contribution in [2.75, 3.05) is 20.6 Å². The fourth-order valence-corrected chi connectivity index (χ4v) is 2.44. The predicted molar refractivity (Wildman–Crippen MR) is 85.3 cm³/mol. The van der Waals surface area contributed by atoms with Crippen LogP contribution in [0.5, 0.6) is 5.75 Å². The minimum absolute atomic E-state index is 0.0248. The van der Waals surface area contributed by atoms with Gasteiger partial charge in [0.25, 0.3) is 0 Å². The zero-order chi connectivity index (χ0) is 15.4. The van der Waals surface area contributed by atoms with E-state index < -0.39 is 0 Å². The lowest BCUT2D eigenvalue weighted by Crippen LogP contribution is -2.28. The van der Waals surface area contributed by atoms with E-state index in [0.29, 0.717) is 18.7 Å². The van der Waals surface area contributed by atoms with Gasteiger partial charge in [-0.2, -0.15) is 0 Å². The van der Waals surface area contributed by atoms with Gasteiger partial charge in [0, 0.05) is 37.0 Å². The second kappa shape index (κ2) is 6.59. The van der Waals surface area contributed by atoms with Crippen LogP contribution >= 0.6 is 0 Å². The number of rotatable bonds is 5. The number of nitrogens with one attached hydrogen (secondary N) is 1. The predicted octanol–water partition coefficient (Wildman–Crippen LogP) is 2.67. The maximum Gasteiger partial charge on any atom is 0.221 e. The van der Waals surface area contributed by atoms with Crippen LogP contribution in [-0.2, 0) is 4.79 Å². The van der Waals surface area contributed by atoms with Crippen molar-refractivity contribution in [2.24, 2.45) is 0 Å². The molecule has 0 spiro atoms. The van der Waals surface area contributed by atoms with Crippen molar-refractivity contribution in [3.63, 3.8) is 0 Å². The maximum atomic E-state index is 11.3. The number of phenols is 1. The van der Waals surface area contributed by atoms with Crippen molar-refractivity contribution >= 4 is 16.7 Å². The molecule has 4 nitrogen and oxygen atoms in total. The largest absolute Gasteiger partial charge is 0.507 e. The number of phenolic OH excluding ortho intramolecular Hbond substituents is 1. The Labute approximate surface area is 125 Å². The molecule has 0 heterocycles. The van der Waals surface area contributed by atoms with E-state index in [1.54, 1.807) is 7.05 Å². The molecule has 0 saturated carbocycles. The average Bonchev–Trinajstić information content (AvgIpc) is 2.52. The lowest BCUT2D eigenvalue weighted by molar-refractivity contribution is -0.120. The third-order valence-electron chi connectivity index (χ3n) is 4.01. The first-order valence-electron chi connectivity index (χ1n) is 7.16. The molecule has 0 fully saturated rings. The normalized spacial score (nSPS) is 12.6. The molecule has 0 radical (unpaired) electrons. The summed E-state index contributed by atoms with van der Waals surface area (Å²) >= 11 is 0. The van der Waals surface area contributed by atoms with E-state index in [4.69, 9.17) is 0 Å². The number of carbonyl (C=O) groups is 1. The number of fused-ring (bicyclic) bond motifs is 1. The first-order chi connectivity index (χ1) is 10.0. The van der Waals surface area contributed by atoms with Crippen LogP contribution in [0.4, 0.5) is 0 Å². The Morgan fingerprint density at radius 2 is 2.00 bits per heavy atom. The van der Waals surface area contributed by atoms with Gasteiger partial charge in [-0.3, -0.25) is 9.69 Å². The molecule has 4 heteroatoms. The van der Waals surface area contributed by atoms with Gasteiger partial charge in [0.05, 0.1) is 0 Å². The monoisotopic (exact) mass is 286 g/mol. The molecule has 2 aromatic carbocycles. The SMILES string of the molecule is CNC(=O)CCN(C)C(C)c1ccc2ccccc2c1O. The molecule has 2 rings (SSSR count). The van der Waals surface area contributed by atoms with Crippen LogP contribution in [0.2, 0.25) is 0 Å².